The summed E-state index contributed by atoms with van der Waals surface area (Å²) in [7, 11) is 0. The van der Waals surface area contributed by atoms with E-state index >= 15 is 0 Å². The zero-order valence-electron chi connectivity index (χ0n) is 9.80. The normalized spacial score (nSPS) is 22.8. The van der Waals surface area contributed by atoms with Crippen LogP contribution in [-0.4, -0.2) is 0 Å². The van der Waals surface area contributed by atoms with Gasteiger partial charge in [-0.05, 0) is 23.9 Å². The molecule has 1 aliphatic heterocycles. The number of thiophene rings is 1. The van der Waals surface area contributed by atoms with Crippen LogP contribution in [-0.2, 0) is 5.54 Å². The molecule has 1 atom stereocenters. The number of hydrogen-bond donors (Lipinski definition) is 0. The van der Waals surface area contributed by atoms with Crippen molar-refractivity contribution in [3.05, 3.63) is 62.8 Å². The highest BCUT2D eigenvalue weighted by molar-refractivity contribution is 9.12. The molecular weight excluding hydrogens is 308 g/mol. The van der Waals surface area contributed by atoms with Crippen molar-refractivity contribution in [2.24, 2.45) is 10.2 Å². The lowest BCUT2D eigenvalue weighted by Crippen LogP contribution is -2.16. The summed E-state index contributed by atoms with van der Waals surface area (Å²) in [5.41, 5.74) is 1.68. The summed E-state index contributed by atoms with van der Waals surface area (Å²) >= 11 is 5.36. The van der Waals surface area contributed by atoms with Crippen molar-refractivity contribution in [3.63, 3.8) is 0 Å². The molecule has 1 aromatic heterocycles. The maximum atomic E-state index is 4.47. The summed E-state index contributed by atoms with van der Waals surface area (Å²) < 4.78 is 1.03. The van der Waals surface area contributed by atoms with Crippen LogP contribution < -0.4 is 0 Å². The van der Waals surface area contributed by atoms with Crippen LogP contribution in [0.3, 0.4) is 0 Å². The molecule has 1 unspecified atom stereocenters. The average molecular weight is 319 g/mol. The second kappa shape index (κ2) is 4.44. The van der Waals surface area contributed by atoms with Crippen LogP contribution >= 0.6 is 27.3 Å². The lowest BCUT2D eigenvalue weighted by atomic mass is 9.92. The molecule has 2 aromatic rings. The first-order valence-electron chi connectivity index (χ1n) is 5.64. The lowest BCUT2D eigenvalue weighted by Gasteiger charge is -2.20. The summed E-state index contributed by atoms with van der Waals surface area (Å²) in [6.45, 7) is 2.08. The number of nitrogens with zero attached hydrogens (tertiary/aromatic N) is 2. The standard InChI is InChI=1S/C14H11BrN2S/c1-14(10-6-3-2-4-7-10)13(15)12(16-17-14)11-8-5-9-18-11/h2-9H,1H3. The Bertz CT molecular complexity index is 617. The molecule has 2 heterocycles. The van der Waals surface area contributed by atoms with Gasteiger partial charge < -0.3 is 0 Å². The van der Waals surface area contributed by atoms with Gasteiger partial charge in [0.25, 0.3) is 0 Å². The van der Waals surface area contributed by atoms with Gasteiger partial charge in [-0.1, -0.05) is 52.3 Å². The van der Waals surface area contributed by atoms with Gasteiger partial charge >= 0.3 is 0 Å². The predicted octanol–water partition coefficient (Wildman–Crippen LogP) is 5.19. The Morgan fingerprint density at radius 1 is 1.11 bits per heavy atom. The van der Waals surface area contributed by atoms with Gasteiger partial charge in [-0.2, -0.15) is 10.2 Å². The Morgan fingerprint density at radius 3 is 2.56 bits per heavy atom. The van der Waals surface area contributed by atoms with Crippen molar-refractivity contribution in [1.82, 2.24) is 0 Å². The van der Waals surface area contributed by atoms with Crippen LogP contribution in [0.5, 0.6) is 0 Å². The van der Waals surface area contributed by atoms with Crippen molar-refractivity contribution in [3.8, 4) is 0 Å². The van der Waals surface area contributed by atoms with E-state index in [4.69, 9.17) is 0 Å². The molecule has 0 N–H and O–H groups in total. The largest absolute Gasteiger partial charge is 0.172 e. The third-order valence-corrected chi connectivity index (χ3v) is 5.10. The fourth-order valence-electron chi connectivity index (χ4n) is 1.99. The third-order valence-electron chi connectivity index (χ3n) is 3.08. The van der Waals surface area contributed by atoms with E-state index in [1.54, 1.807) is 11.3 Å². The van der Waals surface area contributed by atoms with E-state index in [1.165, 1.54) is 0 Å². The molecule has 3 rings (SSSR count). The number of benzene rings is 1. The van der Waals surface area contributed by atoms with Crippen molar-refractivity contribution >= 4 is 33.0 Å². The Kier molecular flexibility index (Phi) is 2.92. The van der Waals surface area contributed by atoms with Crippen LogP contribution in [0, 0.1) is 0 Å². The molecule has 0 saturated carbocycles. The fraction of sp³-hybridized carbons (Fsp3) is 0.143. The minimum Gasteiger partial charge on any atom is -0.172 e. The molecule has 0 radical (unpaired) electrons. The molecule has 0 bridgehead atoms. The average Bonchev–Trinajstić information content (AvgIpc) is 3.01. The number of rotatable bonds is 2. The second-order valence-electron chi connectivity index (χ2n) is 4.28. The van der Waals surface area contributed by atoms with Crippen molar-refractivity contribution in [2.75, 3.05) is 0 Å². The first-order chi connectivity index (χ1) is 8.72. The Morgan fingerprint density at radius 2 is 1.89 bits per heavy atom. The third kappa shape index (κ3) is 1.76. The van der Waals surface area contributed by atoms with Crippen molar-refractivity contribution in [2.45, 2.75) is 12.5 Å². The van der Waals surface area contributed by atoms with E-state index in [-0.39, 0.29) is 0 Å². The minimum absolute atomic E-state index is 0.402. The zero-order valence-corrected chi connectivity index (χ0v) is 12.2. The molecule has 0 fully saturated rings. The van der Waals surface area contributed by atoms with Gasteiger partial charge in [0.05, 0.1) is 9.36 Å². The first-order valence-corrected chi connectivity index (χ1v) is 7.31. The number of halogens is 1. The molecule has 0 saturated heterocycles. The van der Waals surface area contributed by atoms with Crippen molar-refractivity contribution < 1.29 is 0 Å². The topological polar surface area (TPSA) is 24.7 Å². The van der Waals surface area contributed by atoms with E-state index in [1.807, 2.05) is 24.3 Å². The highest BCUT2D eigenvalue weighted by Crippen LogP contribution is 2.47. The summed E-state index contributed by atoms with van der Waals surface area (Å²) in [4.78, 5) is 1.14. The number of hydrogen-bond acceptors (Lipinski definition) is 3. The van der Waals surface area contributed by atoms with Crippen molar-refractivity contribution in [1.29, 1.82) is 0 Å². The summed E-state index contributed by atoms with van der Waals surface area (Å²) in [6.07, 6.45) is 0. The highest BCUT2D eigenvalue weighted by atomic mass is 79.9. The van der Waals surface area contributed by atoms with E-state index in [0.717, 1.165) is 20.6 Å². The SMILES string of the molecule is CC1(c2ccccc2)N=NC(c2cccs2)=C1Br. The molecule has 0 spiro atoms. The van der Waals surface area contributed by atoms with Gasteiger partial charge in [-0.25, -0.2) is 0 Å². The maximum Gasteiger partial charge on any atom is 0.138 e. The monoisotopic (exact) mass is 318 g/mol. The lowest BCUT2D eigenvalue weighted by molar-refractivity contribution is 0.614. The Hall–Kier alpha value is -1.26. The quantitative estimate of drug-likeness (QED) is 0.727. The molecule has 4 heteroatoms. The van der Waals surface area contributed by atoms with E-state index in [9.17, 15) is 0 Å². The predicted molar refractivity (Wildman–Crippen MR) is 78.8 cm³/mol. The zero-order chi connectivity index (χ0) is 12.6. The first kappa shape index (κ1) is 11.8. The summed E-state index contributed by atoms with van der Waals surface area (Å²) in [5, 5.41) is 10.9. The van der Waals surface area contributed by atoms with Gasteiger partial charge in [-0.3, -0.25) is 0 Å². The molecule has 0 aliphatic carbocycles. The van der Waals surface area contributed by atoms with Crippen LogP contribution in [0.25, 0.3) is 5.70 Å². The second-order valence-corrected chi connectivity index (χ2v) is 6.02. The van der Waals surface area contributed by atoms with Gasteiger partial charge in [0.1, 0.15) is 11.2 Å². The summed E-state index contributed by atoms with van der Waals surface area (Å²) in [6, 6.07) is 14.3. The maximum absolute atomic E-state index is 4.47. The molecule has 1 aliphatic rings. The Labute approximate surface area is 118 Å². The van der Waals surface area contributed by atoms with E-state index in [0.29, 0.717) is 0 Å². The highest BCUT2D eigenvalue weighted by Gasteiger charge is 2.37. The molecule has 90 valence electrons. The van der Waals surface area contributed by atoms with Crippen LogP contribution in [0.4, 0.5) is 0 Å². The van der Waals surface area contributed by atoms with Crippen LogP contribution in [0.1, 0.15) is 17.4 Å². The Balaban J connectivity index is 2.10. The fourth-order valence-corrected chi connectivity index (χ4v) is 3.43. The summed E-state index contributed by atoms with van der Waals surface area (Å²) in [5.74, 6) is 0. The minimum atomic E-state index is -0.402. The molecule has 18 heavy (non-hydrogen) atoms. The molecule has 1 aromatic carbocycles. The van der Waals surface area contributed by atoms with Gasteiger partial charge in [0.2, 0.25) is 0 Å². The van der Waals surface area contributed by atoms with Crippen LogP contribution in [0.15, 0.2) is 62.6 Å². The van der Waals surface area contributed by atoms with E-state index < -0.39 is 5.54 Å². The van der Waals surface area contributed by atoms with Gasteiger partial charge in [0.15, 0.2) is 0 Å². The molecule has 0 amide bonds. The van der Waals surface area contributed by atoms with Gasteiger partial charge in [-0.15, -0.1) is 11.3 Å². The molecular formula is C14H11BrN2S. The van der Waals surface area contributed by atoms with E-state index in [2.05, 4.69) is 56.7 Å². The number of azo groups is 1. The molecule has 2 nitrogen and oxygen atoms in total. The van der Waals surface area contributed by atoms with Crippen LogP contribution in [0.2, 0.25) is 0 Å². The smallest absolute Gasteiger partial charge is 0.138 e. The van der Waals surface area contributed by atoms with Gasteiger partial charge in [0, 0.05) is 0 Å².